The Labute approximate surface area is 137 Å². The smallest absolute Gasteiger partial charge is 0.417 e. The number of aromatic nitrogens is 1. The Hall–Kier alpha value is -1.50. The molecule has 0 aliphatic carbocycles. The summed E-state index contributed by atoms with van der Waals surface area (Å²) in [5, 5.41) is 9.25. The van der Waals surface area contributed by atoms with Gasteiger partial charge in [0, 0.05) is 16.8 Å². The van der Waals surface area contributed by atoms with Crippen molar-refractivity contribution in [3.63, 3.8) is 0 Å². The van der Waals surface area contributed by atoms with Gasteiger partial charge in [-0.3, -0.25) is 4.98 Å². The summed E-state index contributed by atoms with van der Waals surface area (Å²) in [7, 11) is 0. The number of carbonyl (C=O) groups is 1. The molecule has 1 aromatic heterocycles. The fourth-order valence-corrected chi connectivity index (χ4v) is 2.42. The lowest BCUT2D eigenvalue weighted by Crippen LogP contribution is -2.10. The van der Waals surface area contributed by atoms with Crippen LogP contribution in [0.5, 0.6) is 0 Å². The van der Waals surface area contributed by atoms with Gasteiger partial charge in [0.05, 0.1) is 26.9 Å². The minimum absolute atomic E-state index is 0.0298. The van der Waals surface area contributed by atoms with Crippen LogP contribution in [-0.2, 0) is 6.18 Å². The van der Waals surface area contributed by atoms with Crippen LogP contribution in [0.25, 0.3) is 11.3 Å². The fourth-order valence-electron chi connectivity index (χ4n) is 1.73. The predicted molar refractivity (Wildman–Crippen MR) is 76.7 cm³/mol. The lowest BCUT2D eigenvalue weighted by molar-refractivity contribution is -0.137. The number of rotatable bonds is 2. The van der Waals surface area contributed by atoms with E-state index in [2.05, 4.69) is 4.98 Å². The minimum atomic E-state index is -4.72. The third-order valence-electron chi connectivity index (χ3n) is 2.69. The van der Waals surface area contributed by atoms with Gasteiger partial charge in [0.2, 0.25) is 0 Å². The number of carboxylic acids is 1. The number of halogens is 6. The van der Waals surface area contributed by atoms with E-state index < -0.39 is 23.3 Å². The van der Waals surface area contributed by atoms with E-state index in [1.165, 1.54) is 12.1 Å². The zero-order valence-electron chi connectivity index (χ0n) is 10.4. The number of nitrogens with zero attached hydrogens (tertiary/aromatic N) is 1. The molecule has 1 aromatic carbocycles. The molecule has 116 valence electrons. The molecule has 0 fully saturated rings. The van der Waals surface area contributed by atoms with Crippen molar-refractivity contribution in [2.75, 3.05) is 0 Å². The van der Waals surface area contributed by atoms with E-state index in [-0.39, 0.29) is 26.3 Å². The van der Waals surface area contributed by atoms with Crippen LogP contribution in [0.3, 0.4) is 0 Å². The molecule has 9 heteroatoms. The molecule has 0 aliphatic heterocycles. The van der Waals surface area contributed by atoms with E-state index >= 15 is 0 Å². The van der Waals surface area contributed by atoms with Crippen LogP contribution < -0.4 is 0 Å². The summed E-state index contributed by atoms with van der Waals surface area (Å²) < 4.78 is 38.0. The second-order valence-electron chi connectivity index (χ2n) is 4.17. The molecule has 3 nitrogen and oxygen atoms in total. The van der Waals surface area contributed by atoms with Crippen molar-refractivity contribution in [3.05, 3.63) is 50.6 Å². The molecule has 0 amide bonds. The Balaban J connectivity index is 2.74. The predicted octanol–water partition coefficient (Wildman–Crippen LogP) is 5.43. The number of alkyl halides is 3. The Kier molecular flexibility index (Phi) is 4.56. The van der Waals surface area contributed by atoms with Gasteiger partial charge in [-0.15, -0.1) is 0 Å². The van der Waals surface area contributed by atoms with E-state index in [1.807, 2.05) is 0 Å². The molecule has 22 heavy (non-hydrogen) atoms. The van der Waals surface area contributed by atoms with Gasteiger partial charge in [0.15, 0.2) is 0 Å². The first-order valence-corrected chi connectivity index (χ1v) is 6.70. The number of hydrogen-bond donors (Lipinski definition) is 1. The SMILES string of the molecule is O=C(O)c1cc(C(F)(F)F)cnc1-c1cc(Cl)cc(Cl)c1Cl. The normalized spacial score (nSPS) is 11.5. The molecule has 0 aliphatic rings. The van der Waals surface area contributed by atoms with Crippen molar-refractivity contribution < 1.29 is 23.1 Å². The second kappa shape index (κ2) is 5.95. The Morgan fingerprint density at radius 1 is 1.14 bits per heavy atom. The molecule has 1 heterocycles. The maximum atomic E-state index is 12.7. The third kappa shape index (κ3) is 3.29. The summed E-state index contributed by atoms with van der Waals surface area (Å²) in [6.07, 6.45) is -4.20. The number of pyridine rings is 1. The molecular formula is C13H5Cl3F3NO2. The third-order valence-corrected chi connectivity index (χ3v) is 3.71. The Bertz CT molecular complexity index is 763. The maximum Gasteiger partial charge on any atom is 0.417 e. The molecule has 0 atom stereocenters. The highest BCUT2D eigenvalue weighted by molar-refractivity contribution is 6.45. The molecule has 0 saturated carbocycles. The van der Waals surface area contributed by atoms with Gasteiger partial charge < -0.3 is 5.11 Å². The van der Waals surface area contributed by atoms with Crippen molar-refractivity contribution >= 4 is 40.8 Å². The largest absolute Gasteiger partial charge is 0.478 e. The van der Waals surface area contributed by atoms with Gasteiger partial charge in [-0.25, -0.2) is 4.79 Å². The first-order chi connectivity index (χ1) is 10.1. The van der Waals surface area contributed by atoms with E-state index in [4.69, 9.17) is 39.9 Å². The summed E-state index contributed by atoms with van der Waals surface area (Å²) >= 11 is 17.6. The first-order valence-electron chi connectivity index (χ1n) is 5.56. The summed E-state index contributed by atoms with van der Waals surface area (Å²) in [5.74, 6) is -1.58. The summed E-state index contributed by atoms with van der Waals surface area (Å²) in [5.41, 5.74) is -2.06. The van der Waals surface area contributed by atoms with Crippen LogP contribution in [-0.4, -0.2) is 16.1 Å². The zero-order valence-corrected chi connectivity index (χ0v) is 12.6. The standard InChI is InChI=1S/C13H5Cl3F3NO2/c14-6-2-7(10(16)9(15)3-6)11-8(12(21)22)1-5(4-20-11)13(17,18)19/h1-4H,(H,21,22). The van der Waals surface area contributed by atoms with Gasteiger partial charge in [-0.1, -0.05) is 34.8 Å². The van der Waals surface area contributed by atoms with Gasteiger partial charge in [0.25, 0.3) is 0 Å². The second-order valence-corrected chi connectivity index (χ2v) is 5.39. The highest BCUT2D eigenvalue weighted by atomic mass is 35.5. The zero-order chi connectivity index (χ0) is 16.7. The molecule has 0 spiro atoms. The molecule has 1 N–H and O–H groups in total. The Morgan fingerprint density at radius 2 is 1.77 bits per heavy atom. The van der Waals surface area contributed by atoms with Crippen molar-refractivity contribution in [1.82, 2.24) is 4.98 Å². The molecule has 2 aromatic rings. The first kappa shape index (κ1) is 16.9. The summed E-state index contributed by atoms with van der Waals surface area (Å²) in [6.45, 7) is 0. The number of aromatic carboxylic acids is 1. The average Bonchev–Trinajstić information content (AvgIpc) is 2.41. The topological polar surface area (TPSA) is 50.2 Å². The Morgan fingerprint density at radius 3 is 2.32 bits per heavy atom. The lowest BCUT2D eigenvalue weighted by Gasteiger charge is -2.12. The highest BCUT2D eigenvalue weighted by Crippen LogP contribution is 2.38. The lowest BCUT2D eigenvalue weighted by atomic mass is 10.0. The van der Waals surface area contributed by atoms with Gasteiger partial charge in [-0.2, -0.15) is 13.2 Å². The summed E-state index contributed by atoms with van der Waals surface area (Å²) in [4.78, 5) is 14.8. The fraction of sp³-hybridized carbons (Fsp3) is 0.0769. The molecular weight excluding hydrogens is 366 g/mol. The van der Waals surface area contributed by atoms with Gasteiger partial charge in [-0.05, 0) is 18.2 Å². The molecule has 2 rings (SSSR count). The van der Waals surface area contributed by atoms with Crippen molar-refractivity contribution in [2.45, 2.75) is 6.18 Å². The van der Waals surface area contributed by atoms with Crippen molar-refractivity contribution in [1.29, 1.82) is 0 Å². The van der Waals surface area contributed by atoms with Crippen molar-refractivity contribution in [2.24, 2.45) is 0 Å². The molecule has 0 saturated heterocycles. The number of carboxylic acid groups (broad SMARTS) is 1. The van der Waals surface area contributed by atoms with Crippen LogP contribution in [0.15, 0.2) is 24.4 Å². The van der Waals surface area contributed by atoms with E-state index in [1.54, 1.807) is 0 Å². The monoisotopic (exact) mass is 369 g/mol. The molecule has 0 bridgehead atoms. The van der Waals surface area contributed by atoms with Crippen molar-refractivity contribution in [3.8, 4) is 11.3 Å². The quantitative estimate of drug-likeness (QED) is 0.718. The van der Waals surface area contributed by atoms with Crippen LogP contribution in [0.2, 0.25) is 15.1 Å². The van der Waals surface area contributed by atoms with E-state index in [9.17, 15) is 18.0 Å². The maximum absolute atomic E-state index is 12.7. The van der Waals surface area contributed by atoms with Gasteiger partial charge >= 0.3 is 12.1 Å². The van der Waals surface area contributed by atoms with E-state index in [0.717, 1.165) is 0 Å². The van der Waals surface area contributed by atoms with Gasteiger partial charge in [0.1, 0.15) is 0 Å². The minimum Gasteiger partial charge on any atom is -0.478 e. The molecule has 0 unspecified atom stereocenters. The van der Waals surface area contributed by atoms with Crippen LogP contribution in [0, 0.1) is 0 Å². The number of hydrogen-bond acceptors (Lipinski definition) is 2. The highest BCUT2D eigenvalue weighted by Gasteiger charge is 2.33. The molecule has 0 radical (unpaired) electrons. The number of benzene rings is 1. The van der Waals surface area contributed by atoms with E-state index in [0.29, 0.717) is 12.3 Å². The average molecular weight is 371 g/mol. The van der Waals surface area contributed by atoms with Crippen LogP contribution in [0.1, 0.15) is 15.9 Å². The van der Waals surface area contributed by atoms with Crippen LogP contribution in [0.4, 0.5) is 13.2 Å². The van der Waals surface area contributed by atoms with Crippen LogP contribution >= 0.6 is 34.8 Å². The summed E-state index contributed by atoms with van der Waals surface area (Å²) in [6, 6.07) is 3.08.